The predicted octanol–water partition coefficient (Wildman–Crippen LogP) is 1.60. The van der Waals surface area contributed by atoms with Gasteiger partial charge in [-0.15, -0.1) is 0 Å². The minimum atomic E-state index is -0.543. The molecule has 17 heavy (non-hydrogen) atoms. The van der Waals surface area contributed by atoms with Gasteiger partial charge >= 0.3 is 0 Å². The maximum atomic E-state index is 11.6. The summed E-state index contributed by atoms with van der Waals surface area (Å²) in [6, 6.07) is 7.12. The molecule has 0 aliphatic rings. The summed E-state index contributed by atoms with van der Waals surface area (Å²) in [5.41, 5.74) is 0.770. The Labute approximate surface area is 102 Å². The van der Waals surface area contributed by atoms with E-state index in [4.69, 9.17) is 4.74 Å². The van der Waals surface area contributed by atoms with Gasteiger partial charge in [0.2, 0.25) is 0 Å². The summed E-state index contributed by atoms with van der Waals surface area (Å²) < 4.78 is 5.53. The maximum absolute atomic E-state index is 11.6. The van der Waals surface area contributed by atoms with Gasteiger partial charge in [-0.25, -0.2) is 0 Å². The fourth-order valence-corrected chi connectivity index (χ4v) is 1.47. The first-order valence-corrected chi connectivity index (χ1v) is 5.57. The van der Waals surface area contributed by atoms with Crippen LogP contribution in [0.25, 0.3) is 0 Å². The number of hydrogen-bond acceptors (Lipinski definition) is 3. The van der Waals surface area contributed by atoms with Gasteiger partial charge in [-0.05, 0) is 31.5 Å². The van der Waals surface area contributed by atoms with Crippen molar-refractivity contribution in [3.8, 4) is 5.75 Å². The van der Waals surface area contributed by atoms with E-state index in [0.717, 1.165) is 5.56 Å². The summed E-state index contributed by atoms with van der Waals surface area (Å²) in [5.74, 6) is 0.499. The molecule has 2 unspecified atom stereocenters. The van der Waals surface area contributed by atoms with Gasteiger partial charge in [0.05, 0.1) is 6.10 Å². The van der Waals surface area contributed by atoms with Crippen molar-refractivity contribution in [2.75, 3.05) is 14.1 Å². The van der Waals surface area contributed by atoms with Crippen LogP contribution in [-0.4, -0.2) is 36.1 Å². The SMILES string of the molecule is CC(Oc1cccc(C(C)O)c1)C(=O)N(C)C. The summed E-state index contributed by atoms with van der Waals surface area (Å²) in [7, 11) is 3.38. The van der Waals surface area contributed by atoms with E-state index < -0.39 is 12.2 Å². The van der Waals surface area contributed by atoms with Crippen molar-refractivity contribution in [2.24, 2.45) is 0 Å². The third kappa shape index (κ3) is 3.75. The summed E-state index contributed by atoms with van der Waals surface area (Å²) in [5, 5.41) is 9.45. The molecule has 0 heterocycles. The number of ether oxygens (including phenoxy) is 1. The topological polar surface area (TPSA) is 49.8 Å². The van der Waals surface area contributed by atoms with Crippen molar-refractivity contribution in [1.29, 1.82) is 0 Å². The van der Waals surface area contributed by atoms with Gasteiger partial charge in [-0.3, -0.25) is 4.79 Å². The molecule has 1 rings (SSSR count). The Balaban J connectivity index is 2.75. The molecular weight excluding hydrogens is 218 g/mol. The molecule has 4 heteroatoms. The van der Waals surface area contributed by atoms with Gasteiger partial charge < -0.3 is 14.7 Å². The first-order valence-electron chi connectivity index (χ1n) is 5.57. The van der Waals surface area contributed by atoms with Crippen molar-refractivity contribution < 1.29 is 14.6 Å². The largest absolute Gasteiger partial charge is 0.481 e. The molecule has 0 aromatic heterocycles. The highest BCUT2D eigenvalue weighted by molar-refractivity contribution is 5.80. The van der Waals surface area contributed by atoms with E-state index >= 15 is 0 Å². The van der Waals surface area contributed by atoms with Gasteiger partial charge in [0.15, 0.2) is 6.10 Å². The highest BCUT2D eigenvalue weighted by atomic mass is 16.5. The minimum absolute atomic E-state index is 0.0903. The number of likely N-dealkylation sites (N-methyl/N-ethyl adjacent to an activating group) is 1. The minimum Gasteiger partial charge on any atom is -0.481 e. The summed E-state index contributed by atoms with van der Waals surface area (Å²) in [4.78, 5) is 13.1. The third-order valence-electron chi connectivity index (χ3n) is 2.44. The summed E-state index contributed by atoms with van der Waals surface area (Å²) >= 11 is 0. The van der Waals surface area contributed by atoms with Gasteiger partial charge in [0, 0.05) is 14.1 Å². The average molecular weight is 237 g/mol. The Morgan fingerprint density at radius 1 is 1.35 bits per heavy atom. The molecule has 0 bridgehead atoms. The van der Waals surface area contributed by atoms with Gasteiger partial charge in [0.25, 0.3) is 5.91 Å². The van der Waals surface area contributed by atoms with E-state index in [1.165, 1.54) is 4.90 Å². The van der Waals surface area contributed by atoms with Crippen LogP contribution in [0.5, 0.6) is 5.75 Å². The third-order valence-corrected chi connectivity index (χ3v) is 2.44. The number of aliphatic hydroxyl groups is 1. The van der Waals surface area contributed by atoms with E-state index in [1.807, 2.05) is 6.07 Å². The second-order valence-electron chi connectivity index (χ2n) is 4.24. The zero-order valence-electron chi connectivity index (χ0n) is 10.7. The maximum Gasteiger partial charge on any atom is 0.262 e. The molecule has 0 aliphatic heterocycles. The van der Waals surface area contributed by atoms with Crippen LogP contribution in [0.4, 0.5) is 0 Å². The Hall–Kier alpha value is -1.55. The number of aliphatic hydroxyl groups excluding tert-OH is 1. The molecule has 0 aliphatic carbocycles. The number of amides is 1. The molecule has 1 aromatic rings. The van der Waals surface area contributed by atoms with Crippen LogP contribution in [0, 0.1) is 0 Å². The van der Waals surface area contributed by atoms with Crippen LogP contribution in [0.15, 0.2) is 24.3 Å². The Morgan fingerprint density at radius 2 is 2.00 bits per heavy atom. The monoisotopic (exact) mass is 237 g/mol. The van der Waals surface area contributed by atoms with Crippen molar-refractivity contribution in [2.45, 2.75) is 26.1 Å². The number of benzene rings is 1. The van der Waals surface area contributed by atoms with Crippen molar-refractivity contribution in [3.05, 3.63) is 29.8 Å². The smallest absolute Gasteiger partial charge is 0.262 e. The highest BCUT2D eigenvalue weighted by Crippen LogP contribution is 2.19. The predicted molar refractivity (Wildman–Crippen MR) is 65.9 cm³/mol. The van der Waals surface area contributed by atoms with Gasteiger partial charge in [-0.2, -0.15) is 0 Å². The lowest BCUT2D eigenvalue weighted by atomic mass is 10.1. The molecular formula is C13H19NO3. The van der Waals surface area contributed by atoms with Crippen LogP contribution in [-0.2, 0) is 4.79 Å². The molecule has 1 N–H and O–H groups in total. The molecule has 1 aromatic carbocycles. The van der Waals surface area contributed by atoms with E-state index in [0.29, 0.717) is 5.75 Å². The summed E-state index contributed by atoms with van der Waals surface area (Å²) in [6.07, 6.45) is -1.08. The van der Waals surface area contributed by atoms with Crippen LogP contribution < -0.4 is 4.74 Å². The lowest BCUT2D eigenvalue weighted by molar-refractivity contribution is -0.135. The Kier molecular flexibility index (Phi) is 4.52. The second kappa shape index (κ2) is 5.68. The fourth-order valence-electron chi connectivity index (χ4n) is 1.47. The lowest BCUT2D eigenvalue weighted by Gasteiger charge is -2.18. The van der Waals surface area contributed by atoms with E-state index in [9.17, 15) is 9.90 Å². The van der Waals surface area contributed by atoms with Crippen LogP contribution >= 0.6 is 0 Å². The van der Waals surface area contributed by atoms with Crippen molar-refractivity contribution >= 4 is 5.91 Å². The van der Waals surface area contributed by atoms with Gasteiger partial charge in [-0.1, -0.05) is 12.1 Å². The zero-order chi connectivity index (χ0) is 13.0. The lowest BCUT2D eigenvalue weighted by Crippen LogP contribution is -2.35. The number of nitrogens with zero attached hydrogens (tertiary/aromatic N) is 1. The second-order valence-corrected chi connectivity index (χ2v) is 4.24. The molecule has 94 valence electrons. The number of rotatable bonds is 4. The van der Waals surface area contributed by atoms with Crippen molar-refractivity contribution in [3.63, 3.8) is 0 Å². The molecule has 1 amide bonds. The Morgan fingerprint density at radius 3 is 2.53 bits per heavy atom. The molecule has 2 atom stereocenters. The van der Waals surface area contributed by atoms with Gasteiger partial charge in [0.1, 0.15) is 5.75 Å². The van der Waals surface area contributed by atoms with E-state index in [1.54, 1.807) is 46.1 Å². The number of hydrogen-bond donors (Lipinski definition) is 1. The Bertz CT molecular complexity index is 388. The molecule has 0 saturated heterocycles. The average Bonchev–Trinajstić information content (AvgIpc) is 2.28. The molecule has 0 fully saturated rings. The molecule has 0 radical (unpaired) electrons. The highest BCUT2D eigenvalue weighted by Gasteiger charge is 2.16. The zero-order valence-corrected chi connectivity index (χ0v) is 10.7. The normalized spacial score (nSPS) is 13.9. The van der Waals surface area contributed by atoms with Crippen molar-refractivity contribution in [1.82, 2.24) is 4.90 Å². The molecule has 0 saturated carbocycles. The number of carbonyl (C=O) groups excluding carboxylic acids is 1. The van der Waals surface area contributed by atoms with Crippen LogP contribution in [0.3, 0.4) is 0 Å². The fraction of sp³-hybridized carbons (Fsp3) is 0.462. The van der Waals surface area contributed by atoms with Crippen LogP contribution in [0.1, 0.15) is 25.5 Å². The first kappa shape index (κ1) is 13.5. The quantitative estimate of drug-likeness (QED) is 0.865. The van der Waals surface area contributed by atoms with E-state index in [2.05, 4.69) is 0 Å². The molecule has 0 spiro atoms. The number of carbonyl (C=O) groups is 1. The molecule has 4 nitrogen and oxygen atoms in total. The first-order chi connectivity index (χ1) is 7.91. The van der Waals surface area contributed by atoms with E-state index in [-0.39, 0.29) is 5.91 Å². The summed E-state index contributed by atoms with van der Waals surface area (Å²) in [6.45, 7) is 3.39. The van der Waals surface area contributed by atoms with Crippen LogP contribution in [0.2, 0.25) is 0 Å². The standard InChI is InChI=1S/C13H19NO3/c1-9(15)11-6-5-7-12(8-11)17-10(2)13(16)14(3)4/h5-10,15H,1-4H3.